The Balaban J connectivity index is 2.03. The van der Waals surface area contributed by atoms with Gasteiger partial charge in [-0.15, -0.1) is 0 Å². The minimum atomic E-state index is 0.369. The summed E-state index contributed by atoms with van der Waals surface area (Å²) in [6.45, 7) is 1.91. The average molecular weight is 299 g/mol. The van der Waals surface area contributed by atoms with Crippen molar-refractivity contribution >= 4 is 11.6 Å². The standard InChI is InChI=1S/C15H11ClN4O/c1-10-2-3-13(21-11-4-5-19-14(16)8-11)15(20-10)12-9-17-6-7-18-12/h2-9H,1H3. The summed E-state index contributed by atoms with van der Waals surface area (Å²) in [7, 11) is 0. The van der Waals surface area contributed by atoms with Gasteiger partial charge in [-0.05, 0) is 25.1 Å². The normalized spacial score (nSPS) is 10.4. The fourth-order valence-corrected chi connectivity index (χ4v) is 1.97. The quantitative estimate of drug-likeness (QED) is 0.690. The van der Waals surface area contributed by atoms with Gasteiger partial charge >= 0.3 is 0 Å². The second-order valence-corrected chi connectivity index (χ2v) is 4.69. The summed E-state index contributed by atoms with van der Waals surface area (Å²) < 4.78 is 5.85. The van der Waals surface area contributed by atoms with Gasteiger partial charge in [-0.3, -0.25) is 9.97 Å². The summed E-state index contributed by atoms with van der Waals surface area (Å²) in [5.41, 5.74) is 2.16. The molecule has 0 aromatic carbocycles. The van der Waals surface area contributed by atoms with Gasteiger partial charge in [0.25, 0.3) is 0 Å². The molecule has 3 aromatic rings. The molecular formula is C15H11ClN4O. The molecule has 0 unspecified atom stereocenters. The number of nitrogens with zero attached hydrogens (tertiary/aromatic N) is 4. The summed E-state index contributed by atoms with van der Waals surface area (Å²) in [4.78, 5) is 16.7. The van der Waals surface area contributed by atoms with E-state index in [0.29, 0.717) is 28.0 Å². The number of halogens is 1. The third-order valence-corrected chi connectivity index (χ3v) is 2.94. The number of pyridine rings is 2. The third kappa shape index (κ3) is 3.14. The molecule has 0 aliphatic carbocycles. The van der Waals surface area contributed by atoms with E-state index in [1.807, 2.05) is 19.1 Å². The first-order chi connectivity index (χ1) is 10.2. The molecule has 6 heteroatoms. The number of aromatic nitrogens is 4. The van der Waals surface area contributed by atoms with E-state index in [-0.39, 0.29) is 0 Å². The molecule has 5 nitrogen and oxygen atoms in total. The highest BCUT2D eigenvalue weighted by Crippen LogP contribution is 2.31. The van der Waals surface area contributed by atoms with E-state index in [4.69, 9.17) is 16.3 Å². The second-order valence-electron chi connectivity index (χ2n) is 4.31. The number of ether oxygens (including phenoxy) is 1. The molecule has 0 bridgehead atoms. The zero-order valence-corrected chi connectivity index (χ0v) is 11.9. The first-order valence-electron chi connectivity index (χ1n) is 6.26. The Morgan fingerprint density at radius 2 is 1.95 bits per heavy atom. The molecule has 0 aliphatic rings. The van der Waals surface area contributed by atoms with Gasteiger partial charge in [0.05, 0.1) is 6.20 Å². The summed E-state index contributed by atoms with van der Waals surface area (Å²) in [6.07, 6.45) is 6.46. The molecule has 21 heavy (non-hydrogen) atoms. The van der Waals surface area contributed by atoms with Crippen LogP contribution in [0.25, 0.3) is 11.4 Å². The molecule has 0 spiro atoms. The zero-order valence-electron chi connectivity index (χ0n) is 11.2. The minimum Gasteiger partial charge on any atom is -0.455 e. The lowest BCUT2D eigenvalue weighted by Gasteiger charge is -2.10. The monoisotopic (exact) mass is 298 g/mol. The SMILES string of the molecule is Cc1ccc(Oc2ccnc(Cl)c2)c(-c2cnccn2)n1. The van der Waals surface area contributed by atoms with Crippen molar-refractivity contribution in [1.29, 1.82) is 0 Å². The van der Waals surface area contributed by atoms with Crippen molar-refractivity contribution in [3.05, 3.63) is 59.9 Å². The maximum atomic E-state index is 5.86. The molecule has 0 aliphatic heterocycles. The van der Waals surface area contributed by atoms with E-state index in [1.165, 1.54) is 0 Å². The van der Waals surface area contributed by atoms with E-state index in [9.17, 15) is 0 Å². The van der Waals surface area contributed by atoms with Crippen LogP contribution in [0.3, 0.4) is 0 Å². The van der Waals surface area contributed by atoms with Crippen LogP contribution in [0.4, 0.5) is 0 Å². The van der Waals surface area contributed by atoms with Gasteiger partial charge in [0.15, 0.2) is 5.75 Å². The average Bonchev–Trinajstić information content (AvgIpc) is 2.50. The van der Waals surface area contributed by atoms with Crippen LogP contribution in [0.1, 0.15) is 5.69 Å². The van der Waals surface area contributed by atoms with Crippen molar-refractivity contribution in [2.24, 2.45) is 0 Å². The maximum Gasteiger partial charge on any atom is 0.155 e. The van der Waals surface area contributed by atoms with Crippen molar-refractivity contribution in [3.8, 4) is 22.9 Å². The predicted octanol–water partition coefficient (Wildman–Crippen LogP) is 3.69. The molecule has 0 radical (unpaired) electrons. The van der Waals surface area contributed by atoms with E-state index in [0.717, 1.165) is 5.69 Å². The number of rotatable bonds is 3. The van der Waals surface area contributed by atoms with Crippen molar-refractivity contribution < 1.29 is 4.74 Å². The van der Waals surface area contributed by atoms with Crippen LogP contribution >= 0.6 is 11.6 Å². The Morgan fingerprint density at radius 1 is 1.05 bits per heavy atom. The van der Waals surface area contributed by atoms with Crippen molar-refractivity contribution in [2.45, 2.75) is 6.92 Å². The van der Waals surface area contributed by atoms with Gasteiger partial charge in [0.1, 0.15) is 22.3 Å². The largest absolute Gasteiger partial charge is 0.455 e. The Hall–Kier alpha value is -2.53. The lowest BCUT2D eigenvalue weighted by atomic mass is 10.2. The molecular weight excluding hydrogens is 288 g/mol. The maximum absolute atomic E-state index is 5.86. The van der Waals surface area contributed by atoms with Crippen molar-refractivity contribution in [2.75, 3.05) is 0 Å². The first-order valence-corrected chi connectivity index (χ1v) is 6.63. The van der Waals surface area contributed by atoms with E-state index in [1.54, 1.807) is 36.9 Å². The summed E-state index contributed by atoms with van der Waals surface area (Å²) in [5, 5.41) is 0.369. The zero-order chi connectivity index (χ0) is 14.7. The Kier molecular flexibility index (Phi) is 3.75. The van der Waals surface area contributed by atoms with Crippen LogP contribution < -0.4 is 4.74 Å². The van der Waals surface area contributed by atoms with Gasteiger partial charge in [-0.1, -0.05) is 11.6 Å². The van der Waals surface area contributed by atoms with Crippen molar-refractivity contribution in [3.63, 3.8) is 0 Å². The van der Waals surface area contributed by atoms with Crippen LogP contribution in [0.2, 0.25) is 5.15 Å². The van der Waals surface area contributed by atoms with E-state index >= 15 is 0 Å². The molecule has 104 valence electrons. The smallest absolute Gasteiger partial charge is 0.155 e. The summed E-state index contributed by atoms with van der Waals surface area (Å²) in [5.74, 6) is 1.18. The van der Waals surface area contributed by atoms with E-state index < -0.39 is 0 Å². The van der Waals surface area contributed by atoms with Gasteiger partial charge in [0.2, 0.25) is 0 Å². The van der Waals surface area contributed by atoms with Crippen LogP contribution in [0.5, 0.6) is 11.5 Å². The molecule has 0 amide bonds. The summed E-state index contributed by atoms with van der Waals surface area (Å²) >= 11 is 5.86. The minimum absolute atomic E-state index is 0.369. The number of hydrogen-bond acceptors (Lipinski definition) is 5. The molecule has 0 fully saturated rings. The van der Waals surface area contributed by atoms with Crippen LogP contribution in [0.15, 0.2) is 49.1 Å². The topological polar surface area (TPSA) is 60.8 Å². The Bertz CT molecular complexity index is 765. The highest BCUT2D eigenvalue weighted by molar-refractivity contribution is 6.29. The molecule has 0 saturated heterocycles. The fourth-order valence-electron chi connectivity index (χ4n) is 1.81. The van der Waals surface area contributed by atoms with Crippen LogP contribution in [-0.4, -0.2) is 19.9 Å². The van der Waals surface area contributed by atoms with E-state index in [2.05, 4.69) is 19.9 Å². The Morgan fingerprint density at radius 3 is 2.71 bits per heavy atom. The van der Waals surface area contributed by atoms with Gasteiger partial charge in [-0.25, -0.2) is 9.97 Å². The van der Waals surface area contributed by atoms with Crippen LogP contribution in [0, 0.1) is 6.92 Å². The Labute approximate surface area is 126 Å². The lowest BCUT2D eigenvalue weighted by Crippen LogP contribution is -1.95. The lowest BCUT2D eigenvalue weighted by molar-refractivity contribution is 0.481. The molecule has 0 saturated carbocycles. The highest BCUT2D eigenvalue weighted by atomic mass is 35.5. The second kappa shape index (κ2) is 5.85. The van der Waals surface area contributed by atoms with Gasteiger partial charge in [0, 0.05) is 30.4 Å². The molecule has 3 heterocycles. The highest BCUT2D eigenvalue weighted by Gasteiger charge is 2.11. The predicted molar refractivity (Wildman–Crippen MR) is 79.3 cm³/mol. The molecule has 0 atom stereocenters. The van der Waals surface area contributed by atoms with Crippen LogP contribution in [-0.2, 0) is 0 Å². The molecule has 0 N–H and O–H groups in total. The van der Waals surface area contributed by atoms with Gasteiger partial charge < -0.3 is 4.74 Å². The third-order valence-electron chi connectivity index (χ3n) is 2.73. The summed E-state index contributed by atoms with van der Waals surface area (Å²) in [6, 6.07) is 7.09. The molecule has 3 rings (SSSR count). The molecule has 3 aromatic heterocycles. The number of hydrogen-bond donors (Lipinski definition) is 0. The van der Waals surface area contributed by atoms with Crippen molar-refractivity contribution in [1.82, 2.24) is 19.9 Å². The first kappa shape index (κ1) is 13.5. The number of aryl methyl sites for hydroxylation is 1. The van der Waals surface area contributed by atoms with Gasteiger partial charge in [-0.2, -0.15) is 0 Å². The fraction of sp³-hybridized carbons (Fsp3) is 0.0667.